The third-order valence-electron chi connectivity index (χ3n) is 6.16. The van der Waals surface area contributed by atoms with E-state index in [2.05, 4.69) is 5.10 Å². The predicted octanol–water partition coefficient (Wildman–Crippen LogP) is 4.87. The van der Waals surface area contributed by atoms with Gasteiger partial charge in [0, 0.05) is 43.5 Å². The van der Waals surface area contributed by atoms with E-state index in [4.69, 9.17) is 11.6 Å². The van der Waals surface area contributed by atoms with Crippen molar-refractivity contribution < 1.29 is 17.6 Å². The topological polar surface area (TPSA) is 75.5 Å². The van der Waals surface area contributed by atoms with Crippen LogP contribution in [-0.2, 0) is 36.6 Å². The van der Waals surface area contributed by atoms with E-state index >= 15 is 0 Å². The molecule has 11 heteroatoms. The third-order valence-corrected chi connectivity index (χ3v) is 9.70. The van der Waals surface area contributed by atoms with Crippen molar-refractivity contribution in [2.45, 2.75) is 23.7 Å². The van der Waals surface area contributed by atoms with Crippen molar-refractivity contribution in [1.29, 1.82) is 0 Å². The van der Waals surface area contributed by atoms with Crippen LogP contribution in [0.25, 0.3) is 0 Å². The Morgan fingerprint density at radius 1 is 1.11 bits per heavy atom. The molecule has 2 aromatic heterocycles. The predicted molar refractivity (Wildman–Crippen MR) is 137 cm³/mol. The molecule has 0 atom stereocenters. The number of para-hydroxylation sites is 1. The van der Waals surface area contributed by atoms with Crippen molar-refractivity contribution in [3.8, 4) is 0 Å². The summed E-state index contributed by atoms with van der Waals surface area (Å²) >= 11 is 7.00. The van der Waals surface area contributed by atoms with Crippen molar-refractivity contribution in [2.24, 2.45) is 7.05 Å². The van der Waals surface area contributed by atoms with Crippen molar-refractivity contribution >= 4 is 44.6 Å². The van der Waals surface area contributed by atoms with Gasteiger partial charge in [0.1, 0.15) is 10.0 Å². The highest BCUT2D eigenvalue weighted by Gasteiger charge is 2.34. The lowest BCUT2D eigenvalue weighted by atomic mass is 10.1. The first kappa shape index (κ1) is 24.6. The molecule has 1 aliphatic heterocycles. The maximum atomic E-state index is 14.5. The molecule has 0 aliphatic carbocycles. The van der Waals surface area contributed by atoms with Gasteiger partial charge in [0.2, 0.25) is 0 Å². The highest BCUT2D eigenvalue weighted by atomic mass is 35.5. The second-order valence-corrected chi connectivity index (χ2v) is 12.2. The van der Waals surface area contributed by atoms with E-state index in [0.29, 0.717) is 28.7 Å². The van der Waals surface area contributed by atoms with Gasteiger partial charge < -0.3 is 4.90 Å². The van der Waals surface area contributed by atoms with Crippen LogP contribution < -0.4 is 4.90 Å². The van der Waals surface area contributed by atoms with E-state index in [1.54, 1.807) is 48.1 Å². The number of aryl methyl sites for hydroxylation is 1. The Morgan fingerprint density at radius 2 is 1.83 bits per heavy atom. The zero-order valence-electron chi connectivity index (χ0n) is 19.3. The van der Waals surface area contributed by atoms with E-state index < -0.39 is 21.7 Å². The molecule has 0 saturated heterocycles. The minimum absolute atomic E-state index is 0.0510. The molecule has 0 unspecified atom stereocenters. The van der Waals surface area contributed by atoms with Crippen LogP contribution in [0.2, 0.25) is 4.34 Å². The lowest BCUT2D eigenvalue weighted by Crippen LogP contribution is -2.37. The van der Waals surface area contributed by atoms with Crippen molar-refractivity contribution in [2.75, 3.05) is 11.4 Å². The molecule has 3 heterocycles. The van der Waals surface area contributed by atoms with Gasteiger partial charge in [-0.1, -0.05) is 41.9 Å². The Hall–Kier alpha value is -3.05. The number of aromatic nitrogens is 2. The van der Waals surface area contributed by atoms with Gasteiger partial charge in [0.05, 0.1) is 22.1 Å². The van der Waals surface area contributed by atoms with Crippen molar-refractivity contribution in [3.63, 3.8) is 0 Å². The summed E-state index contributed by atoms with van der Waals surface area (Å²) in [5.74, 6) is -1.12. The number of hydrogen-bond donors (Lipinski definition) is 0. The summed E-state index contributed by atoms with van der Waals surface area (Å²) in [5.41, 5.74) is 2.75. The number of nitrogens with zero attached hydrogens (tertiary/aromatic N) is 4. The summed E-state index contributed by atoms with van der Waals surface area (Å²) < 4.78 is 44.7. The molecule has 7 nitrogen and oxygen atoms in total. The number of amides is 1. The van der Waals surface area contributed by atoms with Crippen molar-refractivity contribution in [3.05, 3.63) is 99.4 Å². The average Bonchev–Trinajstić information content (AvgIpc) is 3.46. The molecule has 0 N–H and O–H groups in total. The molecule has 1 amide bonds. The second-order valence-electron chi connectivity index (χ2n) is 8.35. The van der Waals surface area contributed by atoms with Gasteiger partial charge in [-0.2, -0.15) is 9.40 Å². The van der Waals surface area contributed by atoms with E-state index in [0.717, 1.165) is 22.6 Å². The van der Waals surface area contributed by atoms with Crippen LogP contribution in [0.15, 0.2) is 70.9 Å². The number of thiophene rings is 1. The monoisotopic (exact) mass is 544 g/mol. The quantitative estimate of drug-likeness (QED) is 0.347. The number of benzene rings is 2. The molecule has 0 spiro atoms. The maximum absolute atomic E-state index is 14.5. The average molecular weight is 545 g/mol. The number of rotatable bonds is 6. The van der Waals surface area contributed by atoms with E-state index in [1.807, 2.05) is 6.07 Å². The SMILES string of the molecule is Cn1nc(CN(C(=O)c2ccccc2F)c2ccccc2)c2c1CCN(S(=O)(=O)c1ccc(Cl)s1)C2. The molecule has 0 saturated carbocycles. The summed E-state index contributed by atoms with van der Waals surface area (Å²) in [6.45, 7) is 0.479. The number of carbonyl (C=O) groups excluding carboxylic acids is 1. The molecule has 0 radical (unpaired) electrons. The highest BCUT2D eigenvalue weighted by Crippen LogP contribution is 2.33. The van der Waals surface area contributed by atoms with Gasteiger partial charge in [-0.05, 0) is 36.4 Å². The third kappa shape index (κ3) is 4.57. The Bertz CT molecular complexity index is 1540. The standard InChI is InChI=1S/C25H22ClFN4O3S2/c1-29-22-13-14-30(36(33,34)24-12-11-23(26)35-24)15-19(22)21(28-29)16-31(17-7-3-2-4-8-17)25(32)18-9-5-6-10-20(18)27/h2-12H,13-16H2,1H3. The Balaban J connectivity index is 1.51. The van der Waals surface area contributed by atoms with Gasteiger partial charge in [0.15, 0.2) is 0 Å². The van der Waals surface area contributed by atoms with Crippen LogP contribution in [0.1, 0.15) is 27.3 Å². The Morgan fingerprint density at radius 3 is 2.53 bits per heavy atom. The molecule has 186 valence electrons. The first-order chi connectivity index (χ1) is 17.3. The van der Waals surface area contributed by atoms with E-state index in [-0.39, 0.29) is 22.9 Å². The van der Waals surface area contributed by atoms with E-state index in [9.17, 15) is 17.6 Å². The highest BCUT2D eigenvalue weighted by molar-refractivity contribution is 7.91. The Labute approximate surface area is 217 Å². The second kappa shape index (κ2) is 9.78. The van der Waals surface area contributed by atoms with Gasteiger partial charge >= 0.3 is 0 Å². The summed E-state index contributed by atoms with van der Waals surface area (Å²) in [6.07, 6.45) is 0.476. The molecular weight excluding hydrogens is 523 g/mol. The first-order valence-corrected chi connectivity index (χ1v) is 13.8. The minimum atomic E-state index is -3.74. The van der Waals surface area contributed by atoms with Crippen LogP contribution >= 0.6 is 22.9 Å². The summed E-state index contributed by atoms with van der Waals surface area (Å²) in [7, 11) is -1.93. The molecule has 2 aromatic carbocycles. The van der Waals surface area contributed by atoms with Gasteiger partial charge in [0.25, 0.3) is 15.9 Å². The van der Waals surface area contributed by atoms with Crippen LogP contribution in [0.3, 0.4) is 0 Å². The number of carbonyl (C=O) groups is 1. The molecule has 0 bridgehead atoms. The number of fused-ring (bicyclic) bond motifs is 1. The van der Waals surface area contributed by atoms with Crippen molar-refractivity contribution in [1.82, 2.24) is 14.1 Å². The zero-order valence-corrected chi connectivity index (χ0v) is 21.7. The summed E-state index contributed by atoms with van der Waals surface area (Å²) in [5, 5.41) is 4.64. The van der Waals surface area contributed by atoms with E-state index in [1.165, 1.54) is 33.5 Å². The maximum Gasteiger partial charge on any atom is 0.261 e. The fourth-order valence-electron chi connectivity index (χ4n) is 4.36. The number of hydrogen-bond acceptors (Lipinski definition) is 5. The van der Waals surface area contributed by atoms with Crippen LogP contribution in [0, 0.1) is 5.82 Å². The lowest BCUT2D eigenvalue weighted by molar-refractivity contribution is 0.0980. The van der Waals surface area contributed by atoms with Gasteiger partial charge in [-0.15, -0.1) is 11.3 Å². The molecule has 36 heavy (non-hydrogen) atoms. The zero-order chi connectivity index (χ0) is 25.4. The lowest BCUT2D eigenvalue weighted by Gasteiger charge is -2.27. The molecule has 0 fully saturated rings. The molecule has 4 aromatic rings. The fraction of sp³-hybridized carbons (Fsp3) is 0.200. The number of halogens is 2. The van der Waals surface area contributed by atoms with Crippen LogP contribution in [-0.4, -0.2) is 35.0 Å². The first-order valence-electron chi connectivity index (χ1n) is 11.2. The minimum Gasteiger partial charge on any atom is -0.302 e. The molecule has 5 rings (SSSR count). The Kier molecular flexibility index (Phi) is 6.69. The van der Waals surface area contributed by atoms with Crippen LogP contribution in [0.5, 0.6) is 0 Å². The summed E-state index contributed by atoms with van der Waals surface area (Å²) in [4.78, 5) is 15.0. The fourth-order valence-corrected chi connectivity index (χ4v) is 7.40. The number of sulfonamides is 1. The van der Waals surface area contributed by atoms with Gasteiger partial charge in [-0.25, -0.2) is 12.8 Å². The van der Waals surface area contributed by atoms with Gasteiger partial charge in [-0.3, -0.25) is 9.48 Å². The summed E-state index contributed by atoms with van der Waals surface area (Å²) in [6, 6.07) is 17.9. The van der Waals surface area contributed by atoms with Crippen LogP contribution in [0.4, 0.5) is 10.1 Å². The molecular formula is C25H22ClFN4O3S2. The molecule has 1 aliphatic rings. The largest absolute Gasteiger partial charge is 0.302 e. The smallest absolute Gasteiger partial charge is 0.261 e. The number of anilines is 1. The normalized spacial score (nSPS) is 14.0.